The van der Waals surface area contributed by atoms with Crippen molar-refractivity contribution in [1.82, 2.24) is 5.32 Å². The first kappa shape index (κ1) is 13.7. The van der Waals surface area contributed by atoms with E-state index in [2.05, 4.69) is 17.2 Å². The van der Waals surface area contributed by atoms with Gasteiger partial charge in [-0.05, 0) is 18.2 Å². The Balaban J connectivity index is 1.57. The van der Waals surface area contributed by atoms with Crippen LogP contribution in [0.25, 0.3) is 0 Å². The number of nitrogens with one attached hydrogen (secondary N) is 1. The molecule has 3 rings (SSSR count). The van der Waals surface area contributed by atoms with E-state index in [1.807, 2.05) is 0 Å². The van der Waals surface area contributed by atoms with Gasteiger partial charge in [-0.3, -0.25) is 4.79 Å². The van der Waals surface area contributed by atoms with Crippen molar-refractivity contribution in [2.75, 3.05) is 26.6 Å². The Hall–Kier alpha value is -2.23. The van der Waals surface area contributed by atoms with Gasteiger partial charge in [-0.25, -0.2) is 0 Å². The molecule has 0 aromatic heterocycles. The smallest absolute Gasteiger partial charge is 0.296 e. The van der Waals surface area contributed by atoms with Crippen molar-refractivity contribution in [3.05, 3.63) is 23.8 Å². The molecule has 0 aliphatic carbocycles. The maximum atomic E-state index is 11.7. The number of aliphatic hydroxyl groups is 1. The quantitative estimate of drug-likeness (QED) is 0.751. The topological polar surface area (TPSA) is 77.0 Å². The molecule has 21 heavy (non-hydrogen) atoms. The summed E-state index contributed by atoms with van der Waals surface area (Å²) in [5.74, 6) is 6.10. The average Bonchev–Trinajstić information content (AvgIpc) is 3.11. The standard InChI is InChI=1S/C15H15NO5/c17-14(16-8-15(18)5-6-19-9-15)4-2-11-1-3-12-13(7-11)21-10-20-12/h1,3,7,18H,5-6,8-10H2,(H,16,17). The summed E-state index contributed by atoms with van der Waals surface area (Å²) in [7, 11) is 0. The molecular weight excluding hydrogens is 274 g/mol. The monoisotopic (exact) mass is 289 g/mol. The van der Waals surface area contributed by atoms with Gasteiger partial charge in [0.2, 0.25) is 6.79 Å². The lowest BCUT2D eigenvalue weighted by Crippen LogP contribution is -2.43. The van der Waals surface area contributed by atoms with Crippen LogP contribution >= 0.6 is 0 Å². The van der Waals surface area contributed by atoms with Crippen molar-refractivity contribution in [1.29, 1.82) is 0 Å². The van der Waals surface area contributed by atoms with Crippen LogP contribution in [-0.4, -0.2) is 43.2 Å². The van der Waals surface area contributed by atoms with E-state index in [1.165, 1.54) is 0 Å². The molecule has 1 aromatic rings. The number of rotatable bonds is 2. The molecule has 2 aliphatic rings. The predicted octanol–water partition coefficient (Wildman–Crippen LogP) is 0.0344. The highest BCUT2D eigenvalue weighted by atomic mass is 16.7. The Morgan fingerprint density at radius 1 is 1.38 bits per heavy atom. The van der Waals surface area contributed by atoms with Gasteiger partial charge in [0.25, 0.3) is 5.91 Å². The lowest BCUT2D eigenvalue weighted by atomic mass is 10.0. The van der Waals surface area contributed by atoms with Gasteiger partial charge in [0.05, 0.1) is 6.61 Å². The van der Waals surface area contributed by atoms with E-state index in [4.69, 9.17) is 14.2 Å². The summed E-state index contributed by atoms with van der Waals surface area (Å²) >= 11 is 0. The second kappa shape index (κ2) is 5.64. The average molecular weight is 289 g/mol. The highest BCUT2D eigenvalue weighted by Crippen LogP contribution is 2.32. The van der Waals surface area contributed by atoms with E-state index in [1.54, 1.807) is 18.2 Å². The summed E-state index contributed by atoms with van der Waals surface area (Å²) < 4.78 is 15.5. The summed E-state index contributed by atoms with van der Waals surface area (Å²) in [5.41, 5.74) is -0.312. The summed E-state index contributed by atoms with van der Waals surface area (Å²) in [6.45, 7) is 1.09. The fourth-order valence-electron chi connectivity index (χ4n) is 2.13. The van der Waals surface area contributed by atoms with Crippen molar-refractivity contribution in [2.45, 2.75) is 12.0 Å². The van der Waals surface area contributed by atoms with Gasteiger partial charge in [-0.15, -0.1) is 0 Å². The van der Waals surface area contributed by atoms with Crippen LogP contribution in [0.3, 0.4) is 0 Å². The van der Waals surface area contributed by atoms with Gasteiger partial charge in [0.1, 0.15) is 5.60 Å². The zero-order valence-corrected chi connectivity index (χ0v) is 11.3. The molecule has 1 saturated heterocycles. The molecule has 0 bridgehead atoms. The highest BCUT2D eigenvalue weighted by Gasteiger charge is 2.32. The number of carbonyl (C=O) groups excluding carboxylic acids is 1. The van der Waals surface area contributed by atoms with Gasteiger partial charge >= 0.3 is 0 Å². The van der Waals surface area contributed by atoms with Crippen LogP contribution in [0.2, 0.25) is 0 Å². The largest absolute Gasteiger partial charge is 0.454 e. The molecule has 1 aromatic carbocycles. The van der Waals surface area contributed by atoms with E-state index in [0.29, 0.717) is 30.1 Å². The highest BCUT2D eigenvalue weighted by molar-refractivity contribution is 5.94. The van der Waals surface area contributed by atoms with Gasteiger partial charge < -0.3 is 24.6 Å². The van der Waals surface area contributed by atoms with Crippen LogP contribution in [-0.2, 0) is 9.53 Å². The van der Waals surface area contributed by atoms with E-state index in [-0.39, 0.29) is 19.9 Å². The Morgan fingerprint density at radius 3 is 3.05 bits per heavy atom. The summed E-state index contributed by atoms with van der Waals surface area (Å²) in [6.07, 6.45) is 0.517. The summed E-state index contributed by atoms with van der Waals surface area (Å²) in [5, 5.41) is 12.6. The molecule has 110 valence electrons. The van der Waals surface area contributed by atoms with Crippen molar-refractivity contribution >= 4 is 5.91 Å². The molecule has 0 radical (unpaired) electrons. The minimum atomic E-state index is -0.976. The molecule has 1 atom stereocenters. The fraction of sp³-hybridized carbons (Fsp3) is 0.400. The van der Waals surface area contributed by atoms with E-state index in [0.717, 1.165) is 0 Å². The Kier molecular flexibility index (Phi) is 3.69. The Labute approximate surface area is 122 Å². The maximum absolute atomic E-state index is 11.7. The third-order valence-electron chi connectivity index (χ3n) is 3.35. The maximum Gasteiger partial charge on any atom is 0.296 e. The lowest BCUT2D eigenvalue weighted by molar-refractivity contribution is -0.116. The SMILES string of the molecule is O=C(C#Cc1ccc2c(c1)OCO2)NCC1(O)CCOC1. The van der Waals surface area contributed by atoms with Crippen LogP contribution in [0.5, 0.6) is 11.5 Å². The van der Waals surface area contributed by atoms with Crippen molar-refractivity contribution < 1.29 is 24.1 Å². The van der Waals surface area contributed by atoms with Crippen LogP contribution in [0, 0.1) is 11.8 Å². The zero-order chi connectivity index (χ0) is 14.7. The first-order valence-electron chi connectivity index (χ1n) is 6.64. The zero-order valence-electron chi connectivity index (χ0n) is 11.3. The Morgan fingerprint density at radius 2 is 2.24 bits per heavy atom. The number of benzene rings is 1. The molecular formula is C15H15NO5. The van der Waals surface area contributed by atoms with E-state index in [9.17, 15) is 9.90 Å². The minimum Gasteiger partial charge on any atom is -0.454 e. The molecule has 0 saturated carbocycles. The molecule has 2 heterocycles. The van der Waals surface area contributed by atoms with Gasteiger partial charge in [0.15, 0.2) is 11.5 Å². The van der Waals surface area contributed by atoms with Crippen LogP contribution in [0.15, 0.2) is 18.2 Å². The molecule has 6 nitrogen and oxygen atoms in total. The first-order chi connectivity index (χ1) is 10.1. The van der Waals surface area contributed by atoms with Gasteiger partial charge in [0, 0.05) is 31.1 Å². The van der Waals surface area contributed by atoms with Gasteiger partial charge in [-0.1, -0.05) is 5.92 Å². The first-order valence-corrected chi connectivity index (χ1v) is 6.64. The third-order valence-corrected chi connectivity index (χ3v) is 3.35. The molecule has 6 heteroatoms. The van der Waals surface area contributed by atoms with Crippen molar-refractivity contribution in [3.63, 3.8) is 0 Å². The van der Waals surface area contributed by atoms with E-state index < -0.39 is 11.5 Å². The van der Waals surface area contributed by atoms with Crippen LogP contribution < -0.4 is 14.8 Å². The summed E-state index contributed by atoms with van der Waals surface area (Å²) in [4.78, 5) is 11.7. The fourth-order valence-corrected chi connectivity index (χ4v) is 2.13. The normalized spacial score (nSPS) is 22.5. The third kappa shape index (κ3) is 3.27. The number of amides is 1. The van der Waals surface area contributed by atoms with Crippen molar-refractivity contribution in [3.8, 4) is 23.3 Å². The molecule has 1 unspecified atom stereocenters. The molecule has 2 aliphatic heterocycles. The second-order valence-corrected chi connectivity index (χ2v) is 5.03. The predicted molar refractivity (Wildman–Crippen MR) is 72.8 cm³/mol. The van der Waals surface area contributed by atoms with Gasteiger partial charge in [-0.2, -0.15) is 0 Å². The molecule has 2 N–H and O–H groups in total. The van der Waals surface area contributed by atoms with Crippen LogP contribution in [0.4, 0.5) is 0 Å². The number of hydrogen-bond acceptors (Lipinski definition) is 5. The number of fused-ring (bicyclic) bond motifs is 1. The summed E-state index contributed by atoms with van der Waals surface area (Å²) in [6, 6.07) is 5.23. The number of ether oxygens (including phenoxy) is 3. The number of hydrogen-bond donors (Lipinski definition) is 2. The van der Waals surface area contributed by atoms with E-state index >= 15 is 0 Å². The molecule has 0 spiro atoms. The molecule has 1 fully saturated rings. The minimum absolute atomic E-state index is 0.141. The molecule has 1 amide bonds. The number of carbonyl (C=O) groups is 1. The lowest BCUT2D eigenvalue weighted by Gasteiger charge is -2.19. The van der Waals surface area contributed by atoms with Crippen molar-refractivity contribution in [2.24, 2.45) is 0 Å². The second-order valence-electron chi connectivity index (χ2n) is 5.03. The van der Waals surface area contributed by atoms with Crippen LogP contribution in [0.1, 0.15) is 12.0 Å². The Bertz CT molecular complexity index is 610.